The van der Waals surface area contributed by atoms with Gasteiger partial charge in [0.05, 0.1) is 5.84 Å². The van der Waals surface area contributed by atoms with Crippen LogP contribution in [0.3, 0.4) is 0 Å². The Balaban J connectivity index is 3.53. The van der Waals surface area contributed by atoms with Gasteiger partial charge in [-0.3, -0.25) is 4.99 Å². The van der Waals surface area contributed by atoms with Crippen LogP contribution in [-0.4, -0.2) is 36.8 Å². The molecule has 0 aliphatic carbocycles. The molecule has 1 atom stereocenters. The molecule has 0 aromatic rings. The number of nitrogens with one attached hydrogen (secondary N) is 2. The quantitative estimate of drug-likeness (QED) is 0.317. The molecule has 4 heteroatoms. The molecule has 0 amide bonds. The van der Waals surface area contributed by atoms with E-state index in [-0.39, 0.29) is 0 Å². The van der Waals surface area contributed by atoms with Crippen molar-refractivity contribution in [2.75, 3.05) is 13.6 Å². The Labute approximate surface area is 74.1 Å². The number of hydrogen-bond donors (Lipinski definition) is 3. The van der Waals surface area contributed by atoms with Crippen molar-refractivity contribution in [1.29, 1.82) is 0 Å². The smallest absolute Gasteiger partial charge is 0.137 e. The van der Waals surface area contributed by atoms with Gasteiger partial charge in [-0.2, -0.15) is 0 Å². The third-order valence-corrected chi connectivity index (χ3v) is 1.43. The summed E-state index contributed by atoms with van der Waals surface area (Å²) in [5.74, 6) is 0.744. The summed E-state index contributed by atoms with van der Waals surface area (Å²) in [4.78, 5) is 3.87. The van der Waals surface area contributed by atoms with Gasteiger partial charge >= 0.3 is 0 Å². The van der Waals surface area contributed by atoms with E-state index in [1.807, 2.05) is 20.8 Å². The molecule has 0 aliphatic heterocycles. The molecule has 0 rings (SSSR count). The maximum Gasteiger partial charge on any atom is 0.137 e. The lowest BCUT2D eigenvalue weighted by molar-refractivity contribution is 0.154. The summed E-state index contributed by atoms with van der Waals surface area (Å²) in [6.45, 7) is 6.42. The molecule has 0 spiro atoms. The van der Waals surface area contributed by atoms with E-state index in [0.29, 0.717) is 12.6 Å². The Hall–Kier alpha value is -0.610. The Kier molecular flexibility index (Phi) is 5.66. The number of hydrogen-bond acceptors (Lipinski definition) is 3. The van der Waals surface area contributed by atoms with E-state index in [4.69, 9.17) is 0 Å². The number of aliphatic hydroxyl groups is 1. The lowest BCUT2D eigenvalue weighted by atomic mass is 10.4. The minimum Gasteiger partial charge on any atom is -0.372 e. The summed E-state index contributed by atoms with van der Waals surface area (Å²) in [6.07, 6.45) is -0.559. The SMILES string of the molecule is CN=C(C)NC(O)CNC(C)C. The first kappa shape index (κ1) is 11.4. The largest absolute Gasteiger partial charge is 0.372 e. The van der Waals surface area contributed by atoms with Gasteiger partial charge in [0, 0.05) is 19.6 Å². The molecule has 0 saturated heterocycles. The molecule has 0 fully saturated rings. The highest BCUT2D eigenvalue weighted by Gasteiger charge is 2.03. The molecule has 1 unspecified atom stereocenters. The van der Waals surface area contributed by atoms with Gasteiger partial charge in [0.2, 0.25) is 0 Å². The molecule has 0 radical (unpaired) electrons. The van der Waals surface area contributed by atoms with Crippen molar-refractivity contribution < 1.29 is 5.11 Å². The first-order valence-electron chi connectivity index (χ1n) is 4.17. The zero-order valence-corrected chi connectivity index (χ0v) is 8.26. The van der Waals surface area contributed by atoms with Crippen LogP contribution in [0.2, 0.25) is 0 Å². The van der Waals surface area contributed by atoms with Crippen LogP contribution in [0, 0.1) is 0 Å². The molecule has 4 nitrogen and oxygen atoms in total. The van der Waals surface area contributed by atoms with E-state index < -0.39 is 6.23 Å². The van der Waals surface area contributed by atoms with Gasteiger partial charge in [-0.15, -0.1) is 0 Å². The van der Waals surface area contributed by atoms with Crippen LogP contribution in [0.4, 0.5) is 0 Å². The molecule has 12 heavy (non-hydrogen) atoms. The fourth-order valence-electron chi connectivity index (χ4n) is 0.704. The van der Waals surface area contributed by atoms with Crippen LogP contribution >= 0.6 is 0 Å². The Bertz CT molecular complexity index is 145. The summed E-state index contributed by atoms with van der Waals surface area (Å²) in [6, 6.07) is 0.389. The first-order valence-corrected chi connectivity index (χ1v) is 4.17. The van der Waals surface area contributed by atoms with Gasteiger partial charge in [0.1, 0.15) is 6.23 Å². The van der Waals surface area contributed by atoms with E-state index in [0.717, 1.165) is 5.84 Å². The van der Waals surface area contributed by atoms with Gasteiger partial charge in [-0.25, -0.2) is 0 Å². The molecule has 72 valence electrons. The molecule has 0 aromatic heterocycles. The standard InChI is InChI=1S/C8H19N3O/c1-6(2)10-5-8(12)11-7(3)9-4/h6,8,10,12H,5H2,1-4H3,(H,9,11). The molecular formula is C8H19N3O. The maximum absolute atomic E-state index is 9.35. The van der Waals surface area contributed by atoms with Crippen LogP contribution in [0.1, 0.15) is 20.8 Å². The van der Waals surface area contributed by atoms with Crippen LogP contribution in [0.5, 0.6) is 0 Å². The highest BCUT2D eigenvalue weighted by Crippen LogP contribution is 1.80. The molecule has 0 aromatic carbocycles. The normalized spacial score (nSPS) is 15.0. The Morgan fingerprint density at radius 1 is 1.50 bits per heavy atom. The van der Waals surface area contributed by atoms with Crippen molar-refractivity contribution in [3.05, 3.63) is 0 Å². The highest BCUT2D eigenvalue weighted by molar-refractivity contribution is 5.79. The van der Waals surface area contributed by atoms with Crippen molar-refractivity contribution in [3.8, 4) is 0 Å². The summed E-state index contributed by atoms with van der Waals surface area (Å²) in [7, 11) is 1.69. The minimum absolute atomic E-state index is 0.389. The second-order valence-corrected chi connectivity index (χ2v) is 3.03. The van der Waals surface area contributed by atoms with Gasteiger partial charge in [-0.1, -0.05) is 13.8 Å². The lowest BCUT2D eigenvalue weighted by Crippen LogP contribution is -2.42. The molecule has 0 bridgehead atoms. The number of rotatable bonds is 4. The lowest BCUT2D eigenvalue weighted by Gasteiger charge is -2.15. The van der Waals surface area contributed by atoms with Gasteiger partial charge < -0.3 is 15.7 Å². The topological polar surface area (TPSA) is 56.7 Å². The third-order valence-electron chi connectivity index (χ3n) is 1.43. The molecule has 0 aliphatic rings. The monoisotopic (exact) mass is 173 g/mol. The summed E-state index contributed by atoms with van der Waals surface area (Å²) in [5, 5.41) is 15.3. The summed E-state index contributed by atoms with van der Waals surface area (Å²) >= 11 is 0. The van der Waals surface area contributed by atoms with E-state index in [1.54, 1.807) is 7.05 Å². The number of nitrogens with zero attached hydrogens (tertiary/aromatic N) is 1. The maximum atomic E-state index is 9.35. The Morgan fingerprint density at radius 2 is 2.08 bits per heavy atom. The molecule has 0 heterocycles. The fourth-order valence-corrected chi connectivity index (χ4v) is 0.704. The molecule has 3 N–H and O–H groups in total. The highest BCUT2D eigenvalue weighted by atomic mass is 16.3. The number of aliphatic imine (C=N–C) groups is 1. The van der Waals surface area contributed by atoms with E-state index in [1.165, 1.54) is 0 Å². The zero-order valence-electron chi connectivity index (χ0n) is 8.26. The fraction of sp³-hybridized carbons (Fsp3) is 0.875. The van der Waals surface area contributed by atoms with Crippen LogP contribution < -0.4 is 10.6 Å². The molecular weight excluding hydrogens is 154 g/mol. The van der Waals surface area contributed by atoms with Crippen LogP contribution in [-0.2, 0) is 0 Å². The third kappa shape index (κ3) is 6.12. The first-order chi connectivity index (χ1) is 5.56. The predicted molar refractivity (Wildman–Crippen MR) is 51.3 cm³/mol. The second kappa shape index (κ2) is 5.97. The summed E-state index contributed by atoms with van der Waals surface area (Å²) in [5.41, 5.74) is 0. The van der Waals surface area contributed by atoms with Gasteiger partial charge in [0.25, 0.3) is 0 Å². The summed E-state index contributed by atoms with van der Waals surface area (Å²) < 4.78 is 0. The Morgan fingerprint density at radius 3 is 2.50 bits per heavy atom. The van der Waals surface area contributed by atoms with Crippen molar-refractivity contribution in [3.63, 3.8) is 0 Å². The van der Waals surface area contributed by atoms with E-state index in [2.05, 4.69) is 15.6 Å². The second-order valence-electron chi connectivity index (χ2n) is 3.03. The van der Waals surface area contributed by atoms with E-state index in [9.17, 15) is 5.11 Å². The van der Waals surface area contributed by atoms with Crippen molar-refractivity contribution in [2.24, 2.45) is 4.99 Å². The number of amidine groups is 1. The zero-order chi connectivity index (χ0) is 9.56. The predicted octanol–water partition coefficient (Wildman–Crippen LogP) is -0.0594. The van der Waals surface area contributed by atoms with Crippen LogP contribution in [0.25, 0.3) is 0 Å². The van der Waals surface area contributed by atoms with Gasteiger partial charge in [-0.05, 0) is 6.92 Å². The van der Waals surface area contributed by atoms with E-state index >= 15 is 0 Å². The minimum atomic E-state index is -0.559. The average Bonchev–Trinajstić information content (AvgIpc) is 2.00. The van der Waals surface area contributed by atoms with Crippen molar-refractivity contribution in [1.82, 2.24) is 10.6 Å². The average molecular weight is 173 g/mol. The molecule has 0 saturated carbocycles. The van der Waals surface area contributed by atoms with Crippen molar-refractivity contribution >= 4 is 5.84 Å². The number of aliphatic hydroxyl groups excluding tert-OH is 1. The van der Waals surface area contributed by atoms with Crippen LogP contribution in [0.15, 0.2) is 4.99 Å². The van der Waals surface area contributed by atoms with Crippen molar-refractivity contribution in [2.45, 2.75) is 33.0 Å². The van der Waals surface area contributed by atoms with Gasteiger partial charge in [0.15, 0.2) is 0 Å².